The maximum Gasteiger partial charge on any atom is 0.337 e. The molecule has 1 fully saturated rings. The van der Waals surface area contributed by atoms with E-state index in [-0.39, 0.29) is 23.2 Å². The van der Waals surface area contributed by atoms with Gasteiger partial charge in [-0.15, -0.1) is 0 Å². The fourth-order valence-corrected chi connectivity index (χ4v) is 4.46. The second-order valence-corrected chi connectivity index (χ2v) is 9.52. The molecule has 8 nitrogen and oxygen atoms in total. The van der Waals surface area contributed by atoms with Gasteiger partial charge < -0.3 is 19.1 Å². The lowest BCUT2D eigenvalue weighted by Crippen LogP contribution is -2.40. The molecule has 36 heavy (non-hydrogen) atoms. The summed E-state index contributed by atoms with van der Waals surface area (Å²) in [4.78, 5) is 23.2. The molecule has 2 atom stereocenters. The summed E-state index contributed by atoms with van der Waals surface area (Å²) in [7, 11) is 1.35. The van der Waals surface area contributed by atoms with Crippen LogP contribution < -0.4 is 0 Å². The van der Waals surface area contributed by atoms with Gasteiger partial charge in [0.2, 0.25) is 0 Å². The van der Waals surface area contributed by atoms with Crippen molar-refractivity contribution < 1.29 is 28.6 Å². The molecule has 0 aliphatic carbocycles. The van der Waals surface area contributed by atoms with Gasteiger partial charge in [-0.25, -0.2) is 14.2 Å². The summed E-state index contributed by atoms with van der Waals surface area (Å²) in [6, 6.07) is 9.53. The topological polar surface area (TPSA) is 86.1 Å². The number of benzene rings is 2. The number of carbonyl (C=O) groups excluding carboxylic acids is 1. The van der Waals surface area contributed by atoms with E-state index in [1.165, 1.54) is 19.2 Å². The molecule has 3 aromatic rings. The fourth-order valence-electron chi connectivity index (χ4n) is 4.30. The number of hydroxylamine groups is 2. The lowest BCUT2D eigenvalue weighted by Gasteiger charge is -2.35. The molecule has 1 unspecified atom stereocenters. The van der Waals surface area contributed by atoms with Gasteiger partial charge in [0, 0.05) is 23.7 Å². The number of hydrogen-bond donors (Lipinski definition) is 1. The van der Waals surface area contributed by atoms with E-state index in [9.17, 15) is 14.3 Å². The standard InChI is InChI=1S/C26H31ClFN3O5/c1-4-10-30(36-26(2,16-32)20-7-6-18(27)13-21(20)28)15-24-29-22-8-5-17(25(33)34-3)12-23(22)31(24)14-19-9-11-35-19/h5-8,12-13,19,32H,4,9-11,14-16H2,1-3H3/t19-,26?/m0/s1. The van der Waals surface area contributed by atoms with Crippen LogP contribution in [0.3, 0.4) is 0 Å². The quantitative estimate of drug-likeness (QED) is 0.296. The van der Waals surface area contributed by atoms with Crippen molar-refractivity contribution in [1.82, 2.24) is 14.6 Å². The molecule has 2 aromatic carbocycles. The van der Waals surface area contributed by atoms with Crippen LogP contribution in [0.2, 0.25) is 5.02 Å². The highest BCUT2D eigenvalue weighted by atomic mass is 35.5. The van der Waals surface area contributed by atoms with Gasteiger partial charge in [-0.1, -0.05) is 24.6 Å². The number of ether oxygens (including phenoxy) is 2. The first-order chi connectivity index (χ1) is 17.3. The van der Waals surface area contributed by atoms with E-state index in [0.29, 0.717) is 31.1 Å². The number of aliphatic hydroxyl groups is 1. The second kappa shape index (κ2) is 11.2. The molecule has 1 aliphatic heterocycles. The number of fused-ring (bicyclic) bond motifs is 1. The third kappa shape index (κ3) is 5.55. The van der Waals surface area contributed by atoms with Gasteiger partial charge in [0.15, 0.2) is 0 Å². The van der Waals surface area contributed by atoms with Crippen molar-refractivity contribution in [3.05, 3.63) is 64.2 Å². The smallest absolute Gasteiger partial charge is 0.337 e. The average molecular weight is 520 g/mol. The van der Waals surface area contributed by atoms with Crippen molar-refractivity contribution in [1.29, 1.82) is 0 Å². The van der Waals surface area contributed by atoms with E-state index < -0.39 is 24.0 Å². The first-order valence-corrected chi connectivity index (χ1v) is 12.3. The van der Waals surface area contributed by atoms with Crippen molar-refractivity contribution in [3.63, 3.8) is 0 Å². The fraction of sp³-hybridized carbons (Fsp3) is 0.462. The zero-order chi connectivity index (χ0) is 25.9. The Hall–Kier alpha value is -2.56. The minimum atomic E-state index is -1.34. The van der Waals surface area contributed by atoms with Crippen molar-refractivity contribution in [2.24, 2.45) is 0 Å². The van der Waals surface area contributed by atoms with Crippen LogP contribution in [0, 0.1) is 5.82 Å². The highest BCUT2D eigenvalue weighted by Gasteiger charge is 2.34. The van der Waals surface area contributed by atoms with E-state index in [4.69, 9.17) is 30.9 Å². The van der Waals surface area contributed by atoms with Crippen LogP contribution >= 0.6 is 11.6 Å². The second-order valence-electron chi connectivity index (χ2n) is 9.08. The lowest BCUT2D eigenvalue weighted by atomic mass is 9.96. The maximum atomic E-state index is 14.8. The molecule has 0 amide bonds. The summed E-state index contributed by atoms with van der Waals surface area (Å²) in [5.74, 6) is -0.279. The van der Waals surface area contributed by atoms with E-state index in [2.05, 4.69) is 0 Å². The first-order valence-electron chi connectivity index (χ1n) is 12.0. The monoisotopic (exact) mass is 519 g/mol. The third-order valence-corrected chi connectivity index (χ3v) is 6.59. The Morgan fingerprint density at radius 3 is 2.75 bits per heavy atom. The SMILES string of the molecule is CCCN(Cc1nc2ccc(C(=O)OC)cc2n1C[C@@H]1CCO1)OC(C)(CO)c1ccc(Cl)cc1F. The number of rotatable bonds is 11. The molecule has 0 bridgehead atoms. The Kier molecular flexibility index (Phi) is 8.27. The number of hydrogen-bond acceptors (Lipinski definition) is 7. The molecule has 0 spiro atoms. The summed E-state index contributed by atoms with van der Waals surface area (Å²) in [6.07, 6.45) is 1.74. The largest absolute Gasteiger partial charge is 0.465 e. The summed E-state index contributed by atoms with van der Waals surface area (Å²) in [5.41, 5.74) is 0.806. The van der Waals surface area contributed by atoms with Crippen LogP contribution in [0.15, 0.2) is 36.4 Å². The minimum absolute atomic E-state index is 0.0503. The van der Waals surface area contributed by atoms with Crippen LogP contribution in [0.25, 0.3) is 11.0 Å². The molecule has 1 N–H and O–H groups in total. The Morgan fingerprint density at radius 1 is 1.36 bits per heavy atom. The van der Waals surface area contributed by atoms with Gasteiger partial charge in [-0.3, -0.25) is 4.84 Å². The number of nitrogens with zero attached hydrogens (tertiary/aromatic N) is 3. The van der Waals surface area contributed by atoms with Gasteiger partial charge in [-0.05, 0) is 50.1 Å². The molecular weight excluding hydrogens is 489 g/mol. The van der Waals surface area contributed by atoms with Crippen molar-refractivity contribution in [2.45, 2.75) is 51.5 Å². The van der Waals surface area contributed by atoms with Crippen LogP contribution in [-0.2, 0) is 33.0 Å². The van der Waals surface area contributed by atoms with Crippen molar-refractivity contribution in [3.8, 4) is 0 Å². The van der Waals surface area contributed by atoms with Gasteiger partial charge >= 0.3 is 5.97 Å². The molecule has 1 saturated heterocycles. The normalized spacial score (nSPS) is 17.2. The zero-order valence-electron chi connectivity index (χ0n) is 20.7. The molecule has 1 aromatic heterocycles. The molecule has 0 radical (unpaired) electrons. The molecule has 1 aliphatic rings. The third-order valence-electron chi connectivity index (χ3n) is 6.35. The summed E-state index contributed by atoms with van der Waals surface area (Å²) >= 11 is 5.92. The van der Waals surface area contributed by atoms with Crippen LogP contribution in [0.4, 0.5) is 4.39 Å². The predicted molar refractivity (Wildman–Crippen MR) is 133 cm³/mol. The van der Waals surface area contributed by atoms with Crippen LogP contribution in [-0.4, -0.2) is 58.7 Å². The predicted octanol–water partition coefficient (Wildman–Crippen LogP) is 4.46. The van der Waals surface area contributed by atoms with E-state index in [1.807, 2.05) is 11.5 Å². The van der Waals surface area contributed by atoms with Crippen molar-refractivity contribution in [2.75, 3.05) is 26.9 Å². The number of esters is 1. The molecule has 10 heteroatoms. The van der Waals surface area contributed by atoms with Gasteiger partial charge in [-0.2, -0.15) is 5.06 Å². The molecule has 194 valence electrons. The maximum absolute atomic E-state index is 14.8. The Labute approximate surface area is 214 Å². The highest BCUT2D eigenvalue weighted by Crippen LogP contribution is 2.31. The average Bonchev–Trinajstić information content (AvgIpc) is 3.16. The number of halogens is 2. The van der Waals surface area contributed by atoms with Crippen LogP contribution in [0.1, 0.15) is 48.4 Å². The summed E-state index contributed by atoms with van der Waals surface area (Å²) < 4.78 is 27.3. The van der Waals surface area contributed by atoms with E-state index >= 15 is 0 Å². The highest BCUT2D eigenvalue weighted by molar-refractivity contribution is 6.30. The van der Waals surface area contributed by atoms with E-state index in [1.54, 1.807) is 36.3 Å². The number of methoxy groups -OCH3 is 1. The minimum Gasteiger partial charge on any atom is -0.465 e. The van der Waals surface area contributed by atoms with Gasteiger partial charge in [0.25, 0.3) is 0 Å². The number of aromatic nitrogens is 2. The van der Waals surface area contributed by atoms with Gasteiger partial charge in [0.1, 0.15) is 17.2 Å². The van der Waals surface area contributed by atoms with Crippen LogP contribution in [0.5, 0.6) is 0 Å². The Balaban J connectivity index is 1.68. The Morgan fingerprint density at radius 2 is 2.14 bits per heavy atom. The summed E-state index contributed by atoms with van der Waals surface area (Å²) in [6.45, 7) is 5.26. The number of imidazole rings is 1. The van der Waals surface area contributed by atoms with Gasteiger partial charge in [0.05, 0.1) is 49.5 Å². The number of aliphatic hydroxyl groups excluding tert-OH is 1. The summed E-state index contributed by atoms with van der Waals surface area (Å²) in [5, 5.41) is 12.2. The Bertz CT molecular complexity index is 1230. The number of carbonyl (C=O) groups is 1. The molecule has 0 saturated carbocycles. The van der Waals surface area contributed by atoms with E-state index in [0.717, 1.165) is 23.9 Å². The molecular formula is C26H31ClFN3O5. The molecule has 2 heterocycles. The lowest BCUT2D eigenvalue weighted by molar-refractivity contribution is -0.265. The van der Waals surface area contributed by atoms with Crippen molar-refractivity contribution >= 4 is 28.6 Å². The first kappa shape index (κ1) is 26.5. The zero-order valence-corrected chi connectivity index (χ0v) is 21.4. The molecule has 4 rings (SSSR count).